The molecule has 1 rings (SSSR count). The molecule has 0 aliphatic rings. The molecule has 6 heteroatoms. The van der Waals surface area contributed by atoms with Crippen LogP contribution in [0.1, 0.15) is 32.4 Å². The van der Waals surface area contributed by atoms with E-state index in [1.807, 2.05) is 30.3 Å². The SMILES string of the molecule is CC(C)(C)[Si](C)(C)OC[C@H](OS(C)(=O)=O)c1ccccc1. The Kier molecular flexibility index (Phi) is 5.77. The van der Waals surface area contributed by atoms with Crippen molar-refractivity contribution in [3.8, 4) is 0 Å². The van der Waals surface area contributed by atoms with E-state index in [0.29, 0.717) is 0 Å². The van der Waals surface area contributed by atoms with Gasteiger partial charge in [0.25, 0.3) is 10.1 Å². The van der Waals surface area contributed by atoms with E-state index in [1.54, 1.807) is 0 Å². The Labute approximate surface area is 129 Å². The van der Waals surface area contributed by atoms with Crippen molar-refractivity contribution in [2.45, 2.75) is 45.0 Å². The molecule has 0 aromatic heterocycles. The van der Waals surface area contributed by atoms with Crippen molar-refractivity contribution in [1.29, 1.82) is 0 Å². The lowest BCUT2D eigenvalue weighted by atomic mass is 10.1. The van der Waals surface area contributed by atoms with Gasteiger partial charge in [0.15, 0.2) is 8.32 Å². The highest BCUT2D eigenvalue weighted by atomic mass is 32.2. The fourth-order valence-electron chi connectivity index (χ4n) is 1.56. The first-order chi connectivity index (χ1) is 9.42. The molecule has 0 radical (unpaired) electrons. The summed E-state index contributed by atoms with van der Waals surface area (Å²) in [5.41, 5.74) is 0.807. The van der Waals surface area contributed by atoms with Gasteiger partial charge in [0.05, 0.1) is 12.9 Å². The van der Waals surface area contributed by atoms with Crippen molar-refractivity contribution in [3.05, 3.63) is 35.9 Å². The summed E-state index contributed by atoms with van der Waals surface area (Å²) in [5.74, 6) is 0. The maximum absolute atomic E-state index is 11.5. The third kappa shape index (κ3) is 5.90. The molecular formula is C15H26O4SSi. The zero-order valence-electron chi connectivity index (χ0n) is 13.7. The predicted octanol–water partition coefficient (Wildman–Crippen LogP) is 3.73. The van der Waals surface area contributed by atoms with Gasteiger partial charge >= 0.3 is 0 Å². The lowest BCUT2D eigenvalue weighted by molar-refractivity contribution is 0.127. The molecule has 0 spiro atoms. The van der Waals surface area contributed by atoms with Crippen molar-refractivity contribution in [3.63, 3.8) is 0 Å². The molecule has 21 heavy (non-hydrogen) atoms. The molecule has 1 aromatic rings. The van der Waals surface area contributed by atoms with Crippen LogP contribution in [-0.2, 0) is 18.7 Å². The average molecular weight is 331 g/mol. The van der Waals surface area contributed by atoms with Gasteiger partial charge in [-0.1, -0.05) is 51.1 Å². The van der Waals surface area contributed by atoms with Gasteiger partial charge < -0.3 is 4.43 Å². The molecule has 4 nitrogen and oxygen atoms in total. The molecule has 0 saturated heterocycles. The zero-order valence-corrected chi connectivity index (χ0v) is 15.5. The van der Waals surface area contributed by atoms with Gasteiger partial charge in [-0.3, -0.25) is 4.18 Å². The second-order valence-electron chi connectivity index (χ2n) is 6.77. The van der Waals surface area contributed by atoms with Crippen LogP contribution in [0, 0.1) is 0 Å². The largest absolute Gasteiger partial charge is 0.414 e. The van der Waals surface area contributed by atoms with Crippen molar-refractivity contribution < 1.29 is 17.0 Å². The van der Waals surface area contributed by atoms with Gasteiger partial charge in [-0.15, -0.1) is 0 Å². The summed E-state index contributed by atoms with van der Waals surface area (Å²) in [4.78, 5) is 0. The predicted molar refractivity (Wildman–Crippen MR) is 88.3 cm³/mol. The van der Waals surface area contributed by atoms with E-state index in [9.17, 15) is 8.42 Å². The minimum atomic E-state index is -3.54. The highest BCUT2D eigenvalue weighted by Crippen LogP contribution is 2.37. The summed E-state index contributed by atoms with van der Waals surface area (Å²) in [6.45, 7) is 11.0. The molecule has 0 aliphatic carbocycles. The van der Waals surface area contributed by atoms with Crippen LogP contribution in [0.15, 0.2) is 30.3 Å². The Balaban J connectivity index is 2.90. The Hall–Kier alpha value is -0.693. The van der Waals surface area contributed by atoms with Crippen LogP contribution >= 0.6 is 0 Å². The smallest absolute Gasteiger partial charge is 0.265 e. The lowest BCUT2D eigenvalue weighted by Gasteiger charge is -2.37. The first-order valence-electron chi connectivity index (χ1n) is 6.99. The maximum atomic E-state index is 11.5. The Morgan fingerprint density at radius 3 is 2.10 bits per heavy atom. The highest BCUT2D eigenvalue weighted by molar-refractivity contribution is 7.86. The molecule has 0 heterocycles. The third-order valence-corrected chi connectivity index (χ3v) is 8.95. The van der Waals surface area contributed by atoms with Gasteiger partial charge in [0.2, 0.25) is 0 Å². The van der Waals surface area contributed by atoms with E-state index in [2.05, 4.69) is 33.9 Å². The van der Waals surface area contributed by atoms with Crippen molar-refractivity contribution >= 4 is 18.4 Å². The first kappa shape index (κ1) is 18.4. The average Bonchev–Trinajstić information content (AvgIpc) is 2.33. The molecule has 0 bridgehead atoms. The molecule has 0 N–H and O–H groups in total. The summed E-state index contributed by atoms with van der Waals surface area (Å²) in [6, 6.07) is 9.31. The normalized spacial score (nSPS) is 15.0. The van der Waals surface area contributed by atoms with Gasteiger partial charge in [-0.2, -0.15) is 8.42 Å². The van der Waals surface area contributed by atoms with Crippen LogP contribution in [0.25, 0.3) is 0 Å². The van der Waals surface area contributed by atoms with E-state index in [0.717, 1.165) is 11.8 Å². The molecule has 0 fully saturated rings. The van der Waals surface area contributed by atoms with Crippen LogP contribution < -0.4 is 0 Å². The second-order valence-corrected chi connectivity index (χ2v) is 13.2. The standard InChI is InChI=1S/C15H26O4SSi/c1-15(2,3)21(5,6)18-12-14(19-20(4,16)17)13-10-8-7-9-11-13/h7-11,14H,12H2,1-6H3/t14-/m0/s1. The zero-order chi connectivity index (χ0) is 16.3. The highest BCUT2D eigenvalue weighted by Gasteiger charge is 2.38. The fraction of sp³-hybridized carbons (Fsp3) is 0.600. The molecule has 0 aliphatic heterocycles. The number of benzene rings is 1. The quantitative estimate of drug-likeness (QED) is 0.589. The summed E-state index contributed by atoms with van der Waals surface area (Å²) < 4.78 is 34.2. The summed E-state index contributed by atoms with van der Waals surface area (Å²) in [5, 5.41) is 0.0688. The van der Waals surface area contributed by atoms with E-state index < -0.39 is 24.5 Å². The monoisotopic (exact) mass is 330 g/mol. The molecule has 0 unspecified atom stereocenters. The van der Waals surface area contributed by atoms with Crippen molar-refractivity contribution in [1.82, 2.24) is 0 Å². The maximum Gasteiger partial charge on any atom is 0.265 e. The molecular weight excluding hydrogens is 304 g/mol. The van der Waals surface area contributed by atoms with Gasteiger partial charge in [0, 0.05) is 0 Å². The summed E-state index contributed by atoms with van der Waals surface area (Å²) >= 11 is 0. The van der Waals surface area contributed by atoms with Crippen LogP contribution in [0.3, 0.4) is 0 Å². The van der Waals surface area contributed by atoms with Crippen LogP contribution in [0.5, 0.6) is 0 Å². The van der Waals surface area contributed by atoms with E-state index in [4.69, 9.17) is 8.61 Å². The topological polar surface area (TPSA) is 52.6 Å². The van der Waals surface area contributed by atoms with Crippen molar-refractivity contribution in [2.75, 3.05) is 12.9 Å². The molecule has 1 aromatic carbocycles. The van der Waals surface area contributed by atoms with Crippen LogP contribution in [0.2, 0.25) is 18.1 Å². The van der Waals surface area contributed by atoms with E-state index in [-0.39, 0.29) is 11.6 Å². The molecule has 0 saturated carbocycles. The van der Waals surface area contributed by atoms with Gasteiger partial charge in [0.1, 0.15) is 6.10 Å². The first-order valence-corrected chi connectivity index (χ1v) is 11.7. The van der Waals surface area contributed by atoms with E-state index in [1.165, 1.54) is 0 Å². The Morgan fingerprint density at radius 1 is 1.14 bits per heavy atom. The lowest BCUT2D eigenvalue weighted by Crippen LogP contribution is -2.42. The minimum Gasteiger partial charge on any atom is -0.414 e. The minimum absolute atomic E-state index is 0.0688. The molecule has 0 amide bonds. The fourth-order valence-corrected chi connectivity index (χ4v) is 3.15. The van der Waals surface area contributed by atoms with Gasteiger partial charge in [-0.25, -0.2) is 0 Å². The Morgan fingerprint density at radius 2 is 1.67 bits per heavy atom. The third-order valence-electron chi connectivity index (χ3n) is 3.86. The number of rotatable bonds is 6. The van der Waals surface area contributed by atoms with E-state index >= 15 is 0 Å². The second kappa shape index (κ2) is 6.60. The van der Waals surface area contributed by atoms with Crippen molar-refractivity contribution in [2.24, 2.45) is 0 Å². The molecule has 120 valence electrons. The van der Waals surface area contributed by atoms with Crippen LogP contribution in [-0.4, -0.2) is 29.6 Å². The number of hydrogen-bond donors (Lipinski definition) is 0. The van der Waals surface area contributed by atoms with Crippen LogP contribution in [0.4, 0.5) is 0 Å². The Bertz CT molecular complexity index is 547. The van der Waals surface area contributed by atoms with Gasteiger partial charge in [-0.05, 0) is 23.7 Å². The molecule has 1 atom stereocenters. The summed E-state index contributed by atoms with van der Waals surface area (Å²) in [6.07, 6.45) is 0.463. The summed E-state index contributed by atoms with van der Waals surface area (Å²) in [7, 11) is -5.49. The number of hydrogen-bond acceptors (Lipinski definition) is 4.